The summed E-state index contributed by atoms with van der Waals surface area (Å²) in [6, 6.07) is 0. The second-order valence-corrected chi connectivity index (χ2v) is 6.29. The van der Waals surface area contributed by atoms with E-state index in [0.29, 0.717) is 19.7 Å². The highest BCUT2D eigenvalue weighted by Gasteiger charge is 2.31. The zero-order chi connectivity index (χ0) is 16.2. The van der Waals surface area contributed by atoms with Crippen molar-refractivity contribution in [3.63, 3.8) is 0 Å². The molecule has 7 nitrogen and oxygen atoms in total. The Bertz CT molecular complexity index is 565. The Balaban J connectivity index is 1.58. The molecule has 2 aliphatic heterocycles. The van der Waals surface area contributed by atoms with Gasteiger partial charge in [-0.1, -0.05) is 11.8 Å². The molecule has 2 aliphatic rings. The molecule has 0 bridgehead atoms. The fraction of sp³-hybridized carbons (Fsp3) is 0.688. The Kier molecular flexibility index (Phi) is 5.07. The Morgan fingerprint density at radius 3 is 2.96 bits per heavy atom. The van der Waals surface area contributed by atoms with Crippen molar-refractivity contribution in [2.24, 2.45) is 7.05 Å². The summed E-state index contributed by atoms with van der Waals surface area (Å²) in [5.41, 5.74) is 1.95. The number of carbonyl (C=O) groups excluding carboxylic acids is 1. The molecule has 126 valence electrons. The number of ether oxygens (including phenoxy) is 1. The third-order valence-electron chi connectivity index (χ3n) is 4.67. The Morgan fingerprint density at radius 2 is 2.22 bits per heavy atom. The molecule has 0 radical (unpaired) electrons. The molecule has 0 saturated carbocycles. The highest BCUT2D eigenvalue weighted by Crippen LogP contribution is 2.27. The van der Waals surface area contributed by atoms with E-state index in [1.807, 2.05) is 7.05 Å². The molecule has 23 heavy (non-hydrogen) atoms. The molecule has 1 aromatic rings. The first-order valence-electron chi connectivity index (χ1n) is 8.29. The second kappa shape index (κ2) is 7.23. The van der Waals surface area contributed by atoms with E-state index in [-0.39, 0.29) is 11.8 Å². The minimum atomic E-state index is -0.0663. The van der Waals surface area contributed by atoms with Crippen molar-refractivity contribution in [2.75, 3.05) is 39.4 Å². The molecule has 1 atom stereocenters. The van der Waals surface area contributed by atoms with Crippen LogP contribution in [0.2, 0.25) is 0 Å². The summed E-state index contributed by atoms with van der Waals surface area (Å²) in [7, 11) is 1.90. The minimum absolute atomic E-state index is 0.0663. The monoisotopic (exact) mass is 319 g/mol. The van der Waals surface area contributed by atoms with Crippen LogP contribution in [0.3, 0.4) is 0 Å². The lowest BCUT2D eigenvalue weighted by molar-refractivity contribution is -0.127. The van der Waals surface area contributed by atoms with Gasteiger partial charge < -0.3 is 14.5 Å². The maximum absolute atomic E-state index is 11.9. The summed E-state index contributed by atoms with van der Waals surface area (Å²) < 4.78 is 7.71. The molecular weight excluding hydrogens is 294 g/mol. The summed E-state index contributed by atoms with van der Waals surface area (Å²) in [6.07, 6.45) is 3.95. The summed E-state index contributed by atoms with van der Waals surface area (Å²) in [5.74, 6) is 0.0459. The first-order valence-corrected chi connectivity index (χ1v) is 8.29. The SMILES string of the molecule is C=CC(=O)N1Cc2nnn(C)c2[C@@H](COCCN2CCCC2)C1. The second-order valence-electron chi connectivity index (χ2n) is 6.29. The van der Waals surface area contributed by atoms with Crippen molar-refractivity contribution in [1.29, 1.82) is 0 Å². The van der Waals surface area contributed by atoms with Crippen molar-refractivity contribution < 1.29 is 9.53 Å². The molecule has 1 amide bonds. The fourth-order valence-electron chi connectivity index (χ4n) is 3.47. The van der Waals surface area contributed by atoms with Crippen LogP contribution in [0.15, 0.2) is 12.7 Å². The lowest BCUT2D eigenvalue weighted by Crippen LogP contribution is -2.39. The molecule has 1 aromatic heterocycles. The van der Waals surface area contributed by atoms with Crippen LogP contribution < -0.4 is 0 Å². The number of amides is 1. The van der Waals surface area contributed by atoms with E-state index < -0.39 is 0 Å². The van der Waals surface area contributed by atoms with E-state index in [1.165, 1.54) is 32.0 Å². The number of carbonyl (C=O) groups is 1. The number of fused-ring (bicyclic) bond motifs is 1. The van der Waals surface area contributed by atoms with Gasteiger partial charge in [-0.3, -0.25) is 9.48 Å². The number of hydrogen-bond donors (Lipinski definition) is 0. The van der Waals surface area contributed by atoms with E-state index in [9.17, 15) is 4.79 Å². The predicted molar refractivity (Wildman–Crippen MR) is 85.9 cm³/mol. The maximum Gasteiger partial charge on any atom is 0.246 e. The number of rotatable bonds is 6. The largest absolute Gasteiger partial charge is 0.379 e. The molecule has 0 aromatic carbocycles. The summed E-state index contributed by atoms with van der Waals surface area (Å²) >= 11 is 0. The lowest BCUT2D eigenvalue weighted by atomic mass is 9.99. The Labute approximate surface area is 136 Å². The third kappa shape index (κ3) is 3.61. The van der Waals surface area contributed by atoms with Gasteiger partial charge in [-0.05, 0) is 32.0 Å². The van der Waals surface area contributed by atoms with Gasteiger partial charge in [0.15, 0.2) is 0 Å². The maximum atomic E-state index is 11.9. The minimum Gasteiger partial charge on any atom is -0.379 e. The van der Waals surface area contributed by atoms with E-state index in [0.717, 1.165) is 24.5 Å². The number of nitrogens with zero attached hydrogens (tertiary/aromatic N) is 5. The average Bonchev–Trinajstić information content (AvgIpc) is 3.20. The third-order valence-corrected chi connectivity index (χ3v) is 4.67. The van der Waals surface area contributed by atoms with Crippen molar-refractivity contribution in [3.05, 3.63) is 24.0 Å². The van der Waals surface area contributed by atoms with Crippen LogP contribution in [0, 0.1) is 0 Å². The summed E-state index contributed by atoms with van der Waals surface area (Å²) in [6.45, 7) is 9.37. The molecule has 0 N–H and O–H groups in total. The van der Waals surface area contributed by atoms with Crippen molar-refractivity contribution >= 4 is 5.91 Å². The zero-order valence-corrected chi connectivity index (χ0v) is 13.8. The van der Waals surface area contributed by atoms with Crippen molar-refractivity contribution in [3.8, 4) is 0 Å². The number of hydrogen-bond acceptors (Lipinski definition) is 5. The predicted octanol–water partition coefficient (Wildman–Crippen LogP) is 0.539. The molecule has 7 heteroatoms. The lowest BCUT2D eigenvalue weighted by Gasteiger charge is -2.31. The van der Waals surface area contributed by atoms with Gasteiger partial charge in [-0.2, -0.15) is 0 Å². The Hall–Kier alpha value is -1.73. The van der Waals surface area contributed by atoms with Gasteiger partial charge in [0, 0.05) is 26.1 Å². The van der Waals surface area contributed by atoms with Crippen LogP contribution in [0.25, 0.3) is 0 Å². The molecular formula is C16H25N5O2. The smallest absolute Gasteiger partial charge is 0.246 e. The van der Waals surface area contributed by atoms with E-state index in [2.05, 4.69) is 21.8 Å². The number of likely N-dealkylation sites (tertiary alicyclic amines) is 1. The van der Waals surface area contributed by atoms with Crippen LogP contribution >= 0.6 is 0 Å². The molecule has 0 spiro atoms. The van der Waals surface area contributed by atoms with Gasteiger partial charge >= 0.3 is 0 Å². The topological polar surface area (TPSA) is 63.5 Å². The van der Waals surface area contributed by atoms with E-state index >= 15 is 0 Å². The number of aryl methyl sites for hydroxylation is 1. The van der Waals surface area contributed by atoms with Crippen LogP contribution in [0.4, 0.5) is 0 Å². The van der Waals surface area contributed by atoms with Gasteiger partial charge in [-0.15, -0.1) is 5.10 Å². The molecule has 3 rings (SSSR count). The normalized spacial score (nSPS) is 21.4. The molecule has 0 aliphatic carbocycles. The van der Waals surface area contributed by atoms with Crippen LogP contribution in [-0.4, -0.2) is 70.1 Å². The van der Waals surface area contributed by atoms with Crippen molar-refractivity contribution in [1.82, 2.24) is 24.8 Å². The fourth-order valence-corrected chi connectivity index (χ4v) is 3.47. The van der Waals surface area contributed by atoms with Crippen LogP contribution in [0.5, 0.6) is 0 Å². The van der Waals surface area contributed by atoms with Crippen molar-refractivity contribution in [2.45, 2.75) is 25.3 Å². The molecule has 0 unspecified atom stereocenters. The zero-order valence-electron chi connectivity index (χ0n) is 13.8. The highest BCUT2D eigenvalue weighted by atomic mass is 16.5. The Morgan fingerprint density at radius 1 is 1.43 bits per heavy atom. The van der Waals surface area contributed by atoms with E-state index in [4.69, 9.17) is 4.74 Å². The average molecular weight is 319 g/mol. The van der Waals surface area contributed by atoms with Gasteiger partial charge in [0.05, 0.1) is 25.5 Å². The first kappa shape index (κ1) is 16.1. The molecule has 1 fully saturated rings. The molecule has 3 heterocycles. The highest BCUT2D eigenvalue weighted by molar-refractivity contribution is 5.87. The standard InChI is InChI=1S/C16H25N5O2/c1-3-15(22)21-10-13(16-14(11-21)17-18-19(16)2)12-23-9-8-20-6-4-5-7-20/h3,13H,1,4-12H2,2H3/t13-/m1/s1. The quantitative estimate of drug-likeness (QED) is 0.566. The van der Waals surface area contributed by atoms with Gasteiger partial charge in [0.1, 0.15) is 5.69 Å². The van der Waals surface area contributed by atoms with Crippen LogP contribution in [0.1, 0.15) is 30.1 Å². The summed E-state index contributed by atoms with van der Waals surface area (Å²) in [5, 5.41) is 8.28. The summed E-state index contributed by atoms with van der Waals surface area (Å²) in [4.78, 5) is 16.1. The van der Waals surface area contributed by atoms with Gasteiger partial charge in [0.2, 0.25) is 5.91 Å². The first-order chi connectivity index (χ1) is 11.2. The van der Waals surface area contributed by atoms with E-state index in [1.54, 1.807) is 9.58 Å². The molecule has 1 saturated heterocycles. The van der Waals surface area contributed by atoms with Gasteiger partial charge in [-0.25, -0.2) is 0 Å². The van der Waals surface area contributed by atoms with Crippen LogP contribution in [-0.2, 0) is 23.1 Å². The van der Waals surface area contributed by atoms with Gasteiger partial charge in [0.25, 0.3) is 0 Å². The number of aromatic nitrogens is 3.